The third kappa shape index (κ3) is 3.37. The van der Waals surface area contributed by atoms with Gasteiger partial charge in [-0.15, -0.1) is 0 Å². The number of hydrogen-bond acceptors (Lipinski definition) is 6. The Morgan fingerprint density at radius 1 is 1.38 bits per heavy atom. The molecule has 21 heavy (non-hydrogen) atoms. The van der Waals surface area contributed by atoms with E-state index in [4.69, 9.17) is 0 Å². The lowest BCUT2D eigenvalue weighted by molar-refractivity contribution is -0.141. The van der Waals surface area contributed by atoms with Crippen LogP contribution in [0, 0.1) is 0 Å². The van der Waals surface area contributed by atoms with Gasteiger partial charge in [0.05, 0.1) is 0 Å². The molecule has 3 rings (SSSR count). The van der Waals surface area contributed by atoms with Crippen molar-refractivity contribution in [2.75, 3.05) is 29.1 Å². The molecule has 0 bridgehead atoms. The SMILES string of the molecule is FC(F)(F)c1cc(NCC2CSCCS2)n2ncnc2n1. The molecule has 0 amide bonds. The first-order valence-electron chi connectivity index (χ1n) is 6.25. The van der Waals surface area contributed by atoms with Crippen LogP contribution >= 0.6 is 23.5 Å². The van der Waals surface area contributed by atoms with Crippen molar-refractivity contribution >= 4 is 35.1 Å². The predicted molar refractivity (Wildman–Crippen MR) is 77.8 cm³/mol. The molecule has 1 unspecified atom stereocenters. The van der Waals surface area contributed by atoms with Gasteiger partial charge in [0.2, 0.25) is 0 Å². The summed E-state index contributed by atoms with van der Waals surface area (Å²) in [5, 5.41) is 7.33. The van der Waals surface area contributed by atoms with E-state index in [9.17, 15) is 13.2 Å². The van der Waals surface area contributed by atoms with Gasteiger partial charge in [0.25, 0.3) is 5.78 Å². The molecule has 2 aromatic rings. The van der Waals surface area contributed by atoms with Gasteiger partial charge in [-0.05, 0) is 0 Å². The van der Waals surface area contributed by atoms with Gasteiger partial charge < -0.3 is 5.32 Å². The molecule has 0 radical (unpaired) electrons. The van der Waals surface area contributed by atoms with Crippen molar-refractivity contribution in [3.05, 3.63) is 18.1 Å². The predicted octanol–water partition coefficient (Wildman–Crippen LogP) is 2.40. The number of nitrogens with zero attached hydrogens (tertiary/aromatic N) is 4. The van der Waals surface area contributed by atoms with E-state index in [0.29, 0.717) is 11.8 Å². The molecule has 10 heteroatoms. The number of fused-ring (bicyclic) bond motifs is 1. The third-order valence-corrected chi connectivity index (χ3v) is 5.78. The number of anilines is 1. The van der Waals surface area contributed by atoms with Gasteiger partial charge >= 0.3 is 6.18 Å². The van der Waals surface area contributed by atoms with E-state index in [1.807, 2.05) is 23.5 Å². The molecule has 0 aliphatic carbocycles. The van der Waals surface area contributed by atoms with Gasteiger partial charge in [-0.1, -0.05) is 0 Å². The van der Waals surface area contributed by atoms with E-state index in [2.05, 4.69) is 20.4 Å². The number of alkyl halides is 3. The Bertz CT molecular complexity index is 624. The summed E-state index contributed by atoms with van der Waals surface area (Å²) in [7, 11) is 0. The lowest BCUT2D eigenvalue weighted by Gasteiger charge is -2.21. The first-order valence-corrected chi connectivity index (χ1v) is 8.45. The Kier molecular flexibility index (Phi) is 4.16. The van der Waals surface area contributed by atoms with Crippen LogP contribution in [0.1, 0.15) is 5.69 Å². The minimum Gasteiger partial charge on any atom is -0.369 e. The monoisotopic (exact) mass is 335 g/mol. The second kappa shape index (κ2) is 5.91. The minimum atomic E-state index is -4.50. The van der Waals surface area contributed by atoms with Crippen molar-refractivity contribution in [2.45, 2.75) is 11.4 Å². The molecule has 0 aromatic carbocycles. The van der Waals surface area contributed by atoms with Crippen molar-refractivity contribution in [3.8, 4) is 0 Å². The molecular weight excluding hydrogens is 323 g/mol. The average Bonchev–Trinajstić information content (AvgIpc) is 2.93. The van der Waals surface area contributed by atoms with Gasteiger partial charge in [-0.2, -0.15) is 51.3 Å². The van der Waals surface area contributed by atoms with Crippen molar-refractivity contribution in [1.29, 1.82) is 0 Å². The highest BCUT2D eigenvalue weighted by Crippen LogP contribution is 2.30. The Balaban J connectivity index is 1.84. The fraction of sp³-hybridized carbons (Fsp3) is 0.545. The van der Waals surface area contributed by atoms with Crippen LogP contribution in [0.5, 0.6) is 0 Å². The second-order valence-electron chi connectivity index (χ2n) is 4.44. The summed E-state index contributed by atoms with van der Waals surface area (Å²) >= 11 is 3.70. The minimum absolute atomic E-state index is 0.0574. The maximum atomic E-state index is 12.8. The number of halogens is 3. The van der Waals surface area contributed by atoms with Crippen molar-refractivity contribution < 1.29 is 13.2 Å². The van der Waals surface area contributed by atoms with Crippen LogP contribution in [0.2, 0.25) is 0 Å². The maximum absolute atomic E-state index is 12.8. The van der Waals surface area contributed by atoms with E-state index in [-0.39, 0.29) is 11.6 Å². The molecule has 3 heterocycles. The fourth-order valence-electron chi connectivity index (χ4n) is 1.96. The fourth-order valence-corrected chi connectivity index (χ4v) is 4.57. The molecule has 2 aromatic heterocycles. The summed E-state index contributed by atoms with van der Waals surface area (Å²) in [4.78, 5) is 7.22. The van der Waals surface area contributed by atoms with E-state index >= 15 is 0 Å². The number of hydrogen-bond donors (Lipinski definition) is 1. The molecule has 5 nitrogen and oxygen atoms in total. The van der Waals surface area contributed by atoms with Crippen LogP contribution in [0.4, 0.5) is 19.0 Å². The average molecular weight is 335 g/mol. The number of aromatic nitrogens is 4. The third-order valence-electron chi connectivity index (χ3n) is 2.94. The van der Waals surface area contributed by atoms with Crippen LogP contribution in [0.15, 0.2) is 12.4 Å². The lowest BCUT2D eigenvalue weighted by Crippen LogP contribution is -2.24. The van der Waals surface area contributed by atoms with Gasteiger partial charge in [-0.3, -0.25) is 0 Å². The van der Waals surface area contributed by atoms with Gasteiger partial charge in [0.1, 0.15) is 12.1 Å². The quantitative estimate of drug-likeness (QED) is 0.930. The molecule has 1 atom stereocenters. The first kappa shape index (κ1) is 14.8. The molecule has 0 spiro atoms. The number of rotatable bonds is 3. The van der Waals surface area contributed by atoms with Crippen LogP contribution in [-0.2, 0) is 6.18 Å². The Labute approximate surface area is 127 Å². The zero-order valence-corrected chi connectivity index (χ0v) is 12.4. The normalized spacial score (nSPS) is 19.9. The molecular formula is C11H12F3N5S2. The Morgan fingerprint density at radius 2 is 2.24 bits per heavy atom. The molecule has 1 saturated heterocycles. The van der Waals surface area contributed by atoms with E-state index in [0.717, 1.165) is 23.3 Å². The zero-order chi connectivity index (χ0) is 14.9. The number of thioether (sulfide) groups is 2. The highest BCUT2D eigenvalue weighted by Gasteiger charge is 2.34. The molecule has 1 aliphatic rings. The van der Waals surface area contributed by atoms with Crippen molar-refractivity contribution in [1.82, 2.24) is 19.6 Å². The summed E-state index contributed by atoms with van der Waals surface area (Å²) in [6.07, 6.45) is -3.31. The molecule has 114 valence electrons. The van der Waals surface area contributed by atoms with Crippen LogP contribution in [-0.4, -0.2) is 48.6 Å². The lowest BCUT2D eigenvalue weighted by atomic mass is 10.3. The first-order chi connectivity index (χ1) is 10.0. The zero-order valence-electron chi connectivity index (χ0n) is 10.8. The topological polar surface area (TPSA) is 55.1 Å². The van der Waals surface area contributed by atoms with Crippen LogP contribution < -0.4 is 5.32 Å². The smallest absolute Gasteiger partial charge is 0.369 e. The van der Waals surface area contributed by atoms with E-state index in [1.54, 1.807) is 0 Å². The second-order valence-corrected chi connectivity index (χ2v) is 7.00. The van der Waals surface area contributed by atoms with E-state index in [1.165, 1.54) is 10.8 Å². The Morgan fingerprint density at radius 3 is 2.95 bits per heavy atom. The van der Waals surface area contributed by atoms with Crippen LogP contribution in [0.3, 0.4) is 0 Å². The summed E-state index contributed by atoms with van der Waals surface area (Å²) < 4.78 is 39.8. The molecule has 1 N–H and O–H groups in total. The van der Waals surface area contributed by atoms with Crippen molar-refractivity contribution in [2.24, 2.45) is 0 Å². The van der Waals surface area contributed by atoms with Crippen LogP contribution in [0.25, 0.3) is 5.78 Å². The summed E-state index contributed by atoms with van der Waals surface area (Å²) in [5.74, 6) is 3.40. The standard InChI is InChI=1S/C11H12F3N5S2/c12-11(13,14)8-3-9(19-10(18-8)16-6-17-19)15-4-7-5-20-1-2-21-7/h3,6-7,15H,1-2,4-5H2. The maximum Gasteiger partial charge on any atom is 0.433 e. The largest absolute Gasteiger partial charge is 0.433 e. The molecule has 0 saturated carbocycles. The van der Waals surface area contributed by atoms with Gasteiger partial charge in [0.15, 0.2) is 5.69 Å². The highest BCUT2D eigenvalue weighted by molar-refractivity contribution is 8.06. The van der Waals surface area contributed by atoms with E-state index < -0.39 is 11.9 Å². The summed E-state index contributed by atoms with van der Waals surface area (Å²) in [5.41, 5.74) is -0.962. The highest BCUT2D eigenvalue weighted by atomic mass is 32.2. The van der Waals surface area contributed by atoms with Crippen molar-refractivity contribution in [3.63, 3.8) is 0 Å². The van der Waals surface area contributed by atoms with Gasteiger partial charge in [-0.25, -0.2) is 4.98 Å². The Hall–Kier alpha value is -1.16. The summed E-state index contributed by atoms with van der Waals surface area (Å²) in [6.45, 7) is 0.591. The number of nitrogens with one attached hydrogen (secondary N) is 1. The van der Waals surface area contributed by atoms with Gasteiger partial charge in [0, 0.05) is 35.1 Å². The summed E-state index contributed by atoms with van der Waals surface area (Å²) in [6, 6.07) is 0.975. The molecule has 1 fully saturated rings. The molecule has 1 aliphatic heterocycles.